The number of rotatable bonds is 2. The summed E-state index contributed by atoms with van der Waals surface area (Å²) in [6.07, 6.45) is 0.910. The minimum atomic E-state index is -0.196. The molecule has 1 aromatic carbocycles. The predicted octanol–water partition coefficient (Wildman–Crippen LogP) is 1.61. The van der Waals surface area contributed by atoms with Gasteiger partial charge in [-0.15, -0.1) is 0 Å². The van der Waals surface area contributed by atoms with Gasteiger partial charge in [-0.1, -0.05) is 32.4 Å². The van der Waals surface area contributed by atoms with Gasteiger partial charge in [0.2, 0.25) is 5.91 Å². The fraction of sp³-hybridized carbons (Fsp3) is 0.400. The maximum absolute atomic E-state index is 12.5. The van der Waals surface area contributed by atoms with E-state index in [-0.39, 0.29) is 30.0 Å². The van der Waals surface area contributed by atoms with Crippen LogP contribution in [0.1, 0.15) is 32.1 Å². The van der Waals surface area contributed by atoms with E-state index in [9.17, 15) is 9.59 Å². The topological polar surface area (TPSA) is 64.0 Å². The summed E-state index contributed by atoms with van der Waals surface area (Å²) in [5.74, 6) is 0.781. The predicted molar refractivity (Wildman–Crippen MR) is 76.3 cm³/mol. The molecule has 2 heterocycles. The summed E-state index contributed by atoms with van der Waals surface area (Å²) in [5, 5.41) is 3.52. The van der Waals surface area contributed by atoms with Gasteiger partial charge in [-0.05, 0) is 18.1 Å². The average molecular weight is 271 g/mol. The third kappa shape index (κ3) is 1.90. The highest BCUT2D eigenvalue weighted by atomic mass is 16.2. The second-order valence-corrected chi connectivity index (χ2v) is 5.31. The smallest absolute Gasteiger partial charge is 0.261 e. The number of hydrogen-bond donors (Lipinski definition) is 1. The molecule has 1 amide bonds. The minimum absolute atomic E-state index is 0.0545. The van der Waals surface area contributed by atoms with Crippen molar-refractivity contribution in [3.05, 3.63) is 40.4 Å². The minimum Gasteiger partial charge on any atom is -0.344 e. The largest absolute Gasteiger partial charge is 0.344 e. The van der Waals surface area contributed by atoms with Crippen LogP contribution in [0.3, 0.4) is 0 Å². The summed E-state index contributed by atoms with van der Waals surface area (Å²) in [7, 11) is 0. The van der Waals surface area contributed by atoms with Crippen LogP contribution in [0.2, 0.25) is 0 Å². The Bertz CT molecular complexity index is 735. The molecule has 2 aromatic rings. The van der Waals surface area contributed by atoms with Crippen molar-refractivity contribution in [3.8, 4) is 0 Å². The first-order chi connectivity index (χ1) is 9.61. The van der Waals surface area contributed by atoms with E-state index in [4.69, 9.17) is 0 Å². The van der Waals surface area contributed by atoms with E-state index in [0.29, 0.717) is 16.7 Å². The van der Waals surface area contributed by atoms with E-state index in [1.165, 1.54) is 4.57 Å². The number of aromatic nitrogens is 2. The lowest BCUT2D eigenvalue weighted by Crippen LogP contribution is -2.46. The monoisotopic (exact) mass is 271 g/mol. The van der Waals surface area contributed by atoms with Gasteiger partial charge >= 0.3 is 0 Å². The van der Waals surface area contributed by atoms with Gasteiger partial charge in [0.05, 0.1) is 16.9 Å². The number of para-hydroxylation sites is 1. The third-order valence-corrected chi connectivity index (χ3v) is 4.00. The van der Waals surface area contributed by atoms with Crippen LogP contribution < -0.4 is 10.9 Å². The maximum Gasteiger partial charge on any atom is 0.261 e. The summed E-state index contributed by atoms with van der Waals surface area (Å²) >= 11 is 0. The molecule has 0 spiro atoms. The number of hydrogen-bond acceptors (Lipinski definition) is 3. The lowest BCUT2D eigenvalue weighted by molar-refractivity contribution is -0.124. The molecule has 0 saturated carbocycles. The van der Waals surface area contributed by atoms with Crippen LogP contribution in [0.15, 0.2) is 29.1 Å². The van der Waals surface area contributed by atoms with Crippen LogP contribution in [-0.4, -0.2) is 15.5 Å². The number of nitrogens with one attached hydrogen (secondary N) is 1. The molecule has 0 fully saturated rings. The Morgan fingerprint density at radius 3 is 2.90 bits per heavy atom. The fourth-order valence-corrected chi connectivity index (χ4v) is 2.64. The van der Waals surface area contributed by atoms with Crippen molar-refractivity contribution in [3.63, 3.8) is 0 Å². The molecule has 0 radical (unpaired) electrons. The number of nitrogens with zero attached hydrogens (tertiary/aromatic N) is 2. The molecule has 0 saturated heterocycles. The Labute approximate surface area is 116 Å². The standard InChI is InChI=1S/C15H17N3O2/c1-3-9(2)13-14-16-11-7-5-4-6-10(11)15(20)18(14)8-12(19)17-13/h4-7,9,13H,3,8H2,1-2H3,(H,17,19). The van der Waals surface area contributed by atoms with Gasteiger partial charge in [0.1, 0.15) is 12.4 Å². The number of amides is 1. The second-order valence-electron chi connectivity index (χ2n) is 5.31. The highest BCUT2D eigenvalue weighted by Gasteiger charge is 2.30. The lowest BCUT2D eigenvalue weighted by atomic mass is 9.96. The molecule has 3 rings (SSSR count). The normalized spacial score (nSPS) is 19.5. The van der Waals surface area contributed by atoms with E-state index < -0.39 is 0 Å². The van der Waals surface area contributed by atoms with Crippen LogP contribution in [0, 0.1) is 5.92 Å². The highest BCUT2D eigenvalue weighted by molar-refractivity contribution is 5.80. The van der Waals surface area contributed by atoms with Gasteiger partial charge in [-0.3, -0.25) is 14.2 Å². The first-order valence-corrected chi connectivity index (χ1v) is 6.90. The van der Waals surface area contributed by atoms with Gasteiger partial charge in [-0.2, -0.15) is 0 Å². The SMILES string of the molecule is CCC(C)C1NC(=O)Cn2c1nc1ccccc1c2=O. The number of benzene rings is 1. The molecule has 104 valence electrons. The zero-order valence-corrected chi connectivity index (χ0v) is 11.6. The molecule has 5 heteroatoms. The van der Waals surface area contributed by atoms with Crippen molar-refractivity contribution in [1.82, 2.24) is 14.9 Å². The Balaban J connectivity index is 2.28. The van der Waals surface area contributed by atoms with Crippen molar-refractivity contribution < 1.29 is 4.79 Å². The number of carbonyl (C=O) groups excluding carboxylic acids is 1. The van der Waals surface area contributed by atoms with Gasteiger partial charge in [-0.25, -0.2) is 4.98 Å². The van der Waals surface area contributed by atoms with E-state index in [2.05, 4.69) is 24.1 Å². The zero-order valence-electron chi connectivity index (χ0n) is 11.6. The average Bonchev–Trinajstić information content (AvgIpc) is 2.47. The first kappa shape index (κ1) is 12.8. The van der Waals surface area contributed by atoms with Crippen molar-refractivity contribution in [2.75, 3.05) is 0 Å². The molecule has 20 heavy (non-hydrogen) atoms. The highest BCUT2D eigenvalue weighted by Crippen LogP contribution is 2.25. The lowest BCUT2D eigenvalue weighted by Gasteiger charge is -2.30. The molecule has 1 aliphatic heterocycles. The van der Waals surface area contributed by atoms with Crippen molar-refractivity contribution in [2.24, 2.45) is 5.92 Å². The quantitative estimate of drug-likeness (QED) is 0.902. The van der Waals surface area contributed by atoms with E-state index in [0.717, 1.165) is 6.42 Å². The molecule has 5 nitrogen and oxygen atoms in total. The van der Waals surface area contributed by atoms with Crippen molar-refractivity contribution >= 4 is 16.8 Å². The fourth-order valence-electron chi connectivity index (χ4n) is 2.64. The van der Waals surface area contributed by atoms with Crippen LogP contribution in [0.25, 0.3) is 10.9 Å². The van der Waals surface area contributed by atoms with Gasteiger partial charge < -0.3 is 5.32 Å². The summed E-state index contributed by atoms with van der Waals surface area (Å²) < 4.78 is 1.51. The Kier molecular flexibility index (Phi) is 3.04. The van der Waals surface area contributed by atoms with E-state index in [1.54, 1.807) is 6.07 Å². The Morgan fingerprint density at radius 2 is 2.15 bits per heavy atom. The molecular formula is C15H17N3O2. The van der Waals surface area contributed by atoms with Crippen LogP contribution in [-0.2, 0) is 11.3 Å². The molecular weight excluding hydrogens is 254 g/mol. The summed E-state index contributed by atoms with van der Waals surface area (Å²) in [6.45, 7) is 4.18. The zero-order chi connectivity index (χ0) is 14.3. The number of carbonyl (C=O) groups is 1. The van der Waals surface area contributed by atoms with Gasteiger partial charge in [0.25, 0.3) is 5.56 Å². The van der Waals surface area contributed by atoms with E-state index in [1.807, 2.05) is 18.2 Å². The van der Waals surface area contributed by atoms with Crippen LogP contribution in [0.5, 0.6) is 0 Å². The summed E-state index contributed by atoms with van der Waals surface area (Å²) in [4.78, 5) is 29.0. The van der Waals surface area contributed by atoms with Crippen LogP contribution in [0.4, 0.5) is 0 Å². The Hall–Kier alpha value is -2.17. The van der Waals surface area contributed by atoms with E-state index >= 15 is 0 Å². The van der Waals surface area contributed by atoms with Gasteiger partial charge in [0, 0.05) is 0 Å². The molecule has 1 aliphatic rings. The molecule has 1 aromatic heterocycles. The number of fused-ring (bicyclic) bond motifs is 2. The summed E-state index contributed by atoms with van der Waals surface area (Å²) in [5.41, 5.74) is 0.557. The maximum atomic E-state index is 12.5. The second kappa shape index (κ2) is 4.74. The molecule has 0 bridgehead atoms. The third-order valence-electron chi connectivity index (χ3n) is 4.00. The van der Waals surface area contributed by atoms with Crippen LogP contribution >= 0.6 is 0 Å². The van der Waals surface area contributed by atoms with Crippen molar-refractivity contribution in [1.29, 1.82) is 0 Å². The molecule has 2 atom stereocenters. The van der Waals surface area contributed by atoms with Crippen molar-refractivity contribution in [2.45, 2.75) is 32.9 Å². The first-order valence-electron chi connectivity index (χ1n) is 6.90. The molecule has 0 aliphatic carbocycles. The molecule has 2 unspecified atom stereocenters. The molecule has 1 N–H and O–H groups in total. The van der Waals surface area contributed by atoms with Gasteiger partial charge in [0.15, 0.2) is 0 Å². The summed E-state index contributed by atoms with van der Waals surface area (Å²) in [6, 6.07) is 7.07. The Morgan fingerprint density at radius 1 is 1.40 bits per heavy atom.